The average molecular weight is 260 g/mol. The Bertz CT molecular complexity index is 626. The Kier molecular flexibility index (Phi) is 3.33. The number of amides is 1. The smallest absolute Gasteiger partial charge is 0.292 e. The van der Waals surface area contributed by atoms with Crippen LogP contribution in [-0.4, -0.2) is 10.8 Å². The first-order chi connectivity index (χ1) is 9.00. The van der Waals surface area contributed by atoms with E-state index in [-0.39, 0.29) is 11.4 Å². The number of nitro groups is 1. The Hall–Kier alpha value is -2.63. The summed E-state index contributed by atoms with van der Waals surface area (Å²) >= 11 is 0. The summed E-state index contributed by atoms with van der Waals surface area (Å²) in [6.07, 6.45) is 1.48. The molecule has 0 radical (unpaired) electrons. The van der Waals surface area contributed by atoms with Crippen molar-refractivity contribution in [3.05, 3.63) is 57.5 Å². The van der Waals surface area contributed by atoms with Gasteiger partial charge in [0, 0.05) is 11.6 Å². The van der Waals surface area contributed by atoms with E-state index in [1.165, 1.54) is 18.4 Å². The van der Waals surface area contributed by atoms with Crippen molar-refractivity contribution in [1.29, 1.82) is 0 Å². The first-order valence-electron chi connectivity index (χ1n) is 5.60. The molecule has 1 amide bonds. The number of hydrogen-bond donors (Lipinski definition) is 1. The zero-order valence-electron chi connectivity index (χ0n) is 10.5. The highest BCUT2D eigenvalue weighted by atomic mass is 16.6. The van der Waals surface area contributed by atoms with Crippen molar-refractivity contribution in [2.24, 2.45) is 0 Å². The predicted molar refractivity (Wildman–Crippen MR) is 69.2 cm³/mol. The zero-order valence-corrected chi connectivity index (χ0v) is 10.5. The van der Waals surface area contributed by atoms with Crippen LogP contribution in [0.3, 0.4) is 0 Å². The molecule has 0 atom stereocenters. The number of anilines is 1. The second-order valence-electron chi connectivity index (χ2n) is 4.08. The molecule has 0 spiro atoms. The van der Waals surface area contributed by atoms with Crippen molar-refractivity contribution in [2.75, 3.05) is 5.32 Å². The third-order valence-electron chi connectivity index (χ3n) is 2.73. The molecule has 1 heterocycles. The van der Waals surface area contributed by atoms with Crippen LogP contribution in [-0.2, 0) is 0 Å². The van der Waals surface area contributed by atoms with Crippen molar-refractivity contribution < 1.29 is 14.1 Å². The van der Waals surface area contributed by atoms with Gasteiger partial charge in [-0.15, -0.1) is 0 Å². The minimum Gasteiger partial charge on any atom is -0.469 e. The summed E-state index contributed by atoms with van der Waals surface area (Å²) in [6, 6.07) is 5.99. The predicted octanol–water partition coefficient (Wildman–Crippen LogP) is 3.06. The van der Waals surface area contributed by atoms with E-state index in [0.717, 1.165) is 0 Å². The minimum atomic E-state index is -0.537. The fraction of sp³-hybridized carbons (Fsp3) is 0.154. The molecular weight excluding hydrogens is 248 g/mol. The van der Waals surface area contributed by atoms with Crippen LogP contribution in [0.2, 0.25) is 0 Å². The van der Waals surface area contributed by atoms with E-state index < -0.39 is 10.8 Å². The van der Waals surface area contributed by atoms with Gasteiger partial charge < -0.3 is 9.73 Å². The Morgan fingerprint density at radius 1 is 1.32 bits per heavy atom. The van der Waals surface area contributed by atoms with Crippen LogP contribution in [0.4, 0.5) is 11.4 Å². The van der Waals surface area contributed by atoms with Crippen LogP contribution in [0.5, 0.6) is 0 Å². The van der Waals surface area contributed by atoms with Gasteiger partial charge in [0.15, 0.2) is 0 Å². The van der Waals surface area contributed by atoms with Crippen molar-refractivity contribution >= 4 is 17.3 Å². The lowest BCUT2D eigenvalue weighted by molar-refractivity contribution is -0.383. The first-order valence-corrected chi connectivity index (χ1v) is 5.60. The number of carbonyl (C=O) groups excluding carboxylic acids is 1. The molecule has 1 aromatic carbocycles. The second-order valence-corrected chi connectivity index (χ2v) is 4.08. The number of carbonyl (C=O) groups is 1. The van der Waals surface area contributed by atoms with Gasteiger partial charge in [-0.05, 0) is 19.9 Å². The highest BCUT2D eigenvalue weighted by Gasteiger charge is 2.19. The molecule has 0 bridgehead atoms. The highest BCUT2D eigenvalue weighted by Crippen LogP contribution is 2.25. The van der Waals surface area contributed by atoms with Crippen molar-refractivity contribution in [3.8, 4) is 0 Å². The SMILES string of the molecule is Cc1coc(C)c1C(=O)Nc1ccccc1[N+](=O)[O-]. The van der Waals surface area contributed by atoms with Gasteiger partial charge >= 0.3 is 0 Å². The van der Waals surface area contributed by atoms with E-state index in [2.05, 4.69) is 5.32 Å². The molecular formula is C13H12N2O4. The number of aryl methyl sites for hydroxylation is 2. The molecule has 0 fully saturated rings. The first kappa shape index (κ1) is 12.8. The molecule has 1 N–H and O–H groups in total. The maximum atomic E-state index is 12.1. The lowest BCUT2D eigenvalue weighted by atomic mass is 10.1. The van der Waals surface area contributed by atoms with Crippen LogP contribution in [0, 0.1) is 24.0 Å². The number of furan rings is 1. The van der Waals surface area contributed by atoms with Crippen molar-refractivity contribution in [2.45, 2.75) is 13.8 Å². The molecule has 0 aliphatic heterocycles. The summed E-state index contributed by atoms with van der Waals surface area (Å²) in [4.78, 5) is 22.4. The monoisotopic (exact) mass is 260 g/mol. The molecule has 6 nitrogen and oxygen atoms in total. The molecule has 0 saturated carbocycles. The van der Waals surface area contributed by atoms with Crippen LogP contribution in [0.1, 0.15) is 21.7 Å². The number of nitrogens with zero attached hydrogens (tertiary/aromatic N) is 1. The van der Waals surface area contributed by atoms with E-state index in [4.69, 9.17) is 4.42 Å². The van der Waals surface area contributed by atoms with Crippen LogP contribution in [0.15, 0.2) is 34.9 Å². The number of para-hydroxylation sites is 2. The fourth-order valence-corrected chi connectivity index (χ4v) is 1.83. The van der Waals surface area contributed by atoms with Gasteiger partial charge in [-0.25, -0.2) is 0 Å². The van der Waals surface area contributed by atoms with Gasteiger partial charge in [-0.2, -0.15) is 0 Å². The van der Waals surface area contributed by atoms with E-state index in [0.29, 0.717) is 16.9 Å². The summed E-state index contributed by atoms with van der Waals surface area (Å²) in [5, 5.41) is 13.4. The Balaban J connectivity index is 2.32. The summed E-state index contributed by atoms with van der Waals surface area (Å²) < 4.78 is 5.14. The standard InChI is InChI=1S/C13H12N2O4/c1-8-7-19-9(2)12(8)13(16)14-10-5-3-4-6-11(10)15(17)18/h3-7H,1-2H3,(H,14,16). The van der Waals surface area contributed by atoms with Crippen molar-refractivity contribution in [3.63, 3.8) is 0 Å². The lowest BCUT2D eigenvalue weighted by Crippen LogP contribution is -2.14. The lowest BCUT2D eigenvalue weighted by Gasteiger charge is -2.05. The van der Waals surface area contributed by atoms with Gasteiger partial charge in [0.1, 0.15) is 11.4 Å². The largest absolute Gasteiger partial charge is 0.469 e. The third kappa shape index (κ3) is 2.47. The fourth-order valence-electron chi connectivity index (χ4n) is 1.83. The van der Waals surface area contributed by atoms with Gasteiger partial charge in [0.05, 0.1) is 16.7 Å². The maximum absolute atomic E-state index is 12.1. The molecule has 2 rings (SSSR count). The van der Waals surface area contributed by atoms with Gasteiger partial charge in [-0.1, -0.05) is 12.1 Å². The van der Waals surface area contributed by atoms with Crippen molar-refractivity contribution in [1.82, 2.24) is 0 Å². The number of hydrogen-bond acceptors (Lipinski definition) is 4. The maximum Gasteiger partial charge on any atom is 0.292 e. The van der Waals surface area contributed by atoms with Crippen LogP contribution < -0.4 is 5.32 Å². The minimum absolute atomic E-state index is 0.144. The van der Waals surface area contributed by atoms with E-state index in [9.17, 15) is 14.9 Å². The Labute approximate surface area is 109 Å². The van der Waals surface area contributed by atoms with Gasteiger partial charge in [0.25, 0.3) is 11.6 Å². The molecule has 0 aliphatic carbocycles. The quantitative estimate of drug-likeness (QED) is 0.678. The summed E-state index contributed by atoms with van der Waals surface area (Å²) in [7, 11) is 0. The van der Waals surface area contributed by atoms with E-state index >= 15 is 0 Å². The second kappa shape index (κ2) is 4.93. The number of rotatable bonds is 3. The number of nitrogens with one attached hydrogen (secondary N) is 1. The number of benzene rings is 1. The van der Waals surface area contributed by atoms with Gasteiger partial charge in [0.2, 0.25) is 0 Å². The van der Waals surface area contributed by atoms with E-state index in [1.54, 1.807) is 26.0 Å². The Morgan fingerprint density at radius 2 is 2.00 bits per heavy atom. The van der Waals surface area contributed by atoms with Crippen LogP contribution >= 0.6 is 0 Å². The summed E-state index contributed by atoms with van der Waals surface area (Å²) in [6.45, 7) is 3.41. The molecule has 0 aliphatic rings. The molecule has 19 heavy (non-hydrogen) atoms. The summed E-state index contributed by atoms with van der Waals surface area (Å²) in [5.74, 6) is 0.0617. The van der Waals surface area contributed by atoms with Crippen LogP contribution in [0.25, 0.3) is 0 Å². The molecule has 98 valence electrons. The third-order valence-corrected chi connectivity index (χ3v) is 2.73. The number of nitro benzene ring substituents is 1. The average Bonchev–Trinajstić information content (AvgIpc) is 2.69. The normalized spacial score (nSPS) is 10.2. The Morgan fingerprint density at radius 3 is 2.58 bits per heavy atom. The van der Waals surface area contributed by atoms with E-state index in [1.807, 2.05) is 0 Å². The molecule has 0 unspecified atom stereocenters. The topological polar surface area (TPSA) is 85.4 Å². The summed E-state index contributed by atoms with van der Waals surface area (Å²) in [5.41, 5.74) is 1.11. The molecule has 1 aromatic heterocycles. The molecule has 2 aromatic rings. The zero-order chi connectivity index (χ0) is 14.0. The molecule has 6 heteroatoms. The highest BCUT2D eigenvalue weighted by molar-refractivity contribution is 6.06. The molecule has 0 saturated heterocycles. The van der Waals surface area contributed by atoms with Gasteiger partial charge in [-0.3, -0.25) is 14.9 Å².